The van der Waals surface area contributed by atoms with E-state index >= 15 is 0 Å². The van der Waals surface area contributed by atoms with Crippen LogP contribution >= 0.6 is 11.6 Å². The molecule has 1 saturated carbocycles. The van der Waals surface area contributed by atoms with E-state index in [9.17, 15) is 17.2 Å². The molecular weight excluding hydrogens is 378 g/mol. The molecule has 26 heavy (non-hydrogen) atoms. The zero-order chi connectivity index (χ0) is 18.9. The summed E-state index contributed by atoms with van der Waals surface area (Å²) < 4.78 is 54.2. The van der Waals surface area contributed by atoms with Crippen LogP contribution in [-0.4, -0.2) is 8.42 Å². The van der Waals surface area contributed by atoms with Gasteiger partial charge in [-0.2, -0.15) is 0 Å². The van der Waals surface area contributed by atoms with Gasteiger partial charge in [0.05, 0.1) is 4.90 Å². The summed E-state index contributed by atoms with van der Waals surface area (Å²) in [6, 6.07) is 8.93. The average molecular weight is 399 g/mol. The van der Waals surface area contributed by atoms with Crippen molar-refractivity contribution in [2.24, 2.45) is 5.92 Å². The Kier molecular flexibility index (Phi) is 5.40. The largest absolute Gasteiger partial charge is 0.223 e. The molecule has 2 aromatic rings. The lowest BCUT2D eigenvalue weighted by atomic mass is 9.77. The minimum Gasteiger partial charge on any atom is -0.223 e. The molecule has 0 aliphatic heterocycles. The first-order valence-corrected chi connectivity index (χ1v) is 10.6. The van der Waals surface area contributed by atoms with Gasteiger partial charge in [-0.05, 0) is 74.1 Å². The topological polar surface area (TPSA) is 34.1 Å². The Morgan fingerprint density at radius 2 is 1.69 bits per heavy atom. The van der Waals surface area contributed by atoms with E-state index in [1.54, 1.807) is 0 Å². The van der Waals surface area contributed by atoms with Crippen molar-refractivity contribution in [2.75, 3.05) is 0 Å². The van der Waals surface area contributed by atoms with Crippen LogP contribution < -0.4 is 0 Å². The second-order valence-corrected chi connectivity index (χ2v) is 9.62. The van der Waals surface area contributed by atoms with Gasteiger partial charge in [0.15, 0.2) is 9.84 Å². The summed E-state index contributed by atoms with van der Waals surface area (Å²) in [6.45, 7) is 2.06. The maximum absolute atomic E-state index is 14.6. The lowest BCUT2D eigenvalue weighted by Crippen LogP contribution is -2.40. The maximum Gasteiger partial charge on any atom is 0.188 e. The van der Waals surface area contributed by atoms with Crippen molar-refractivity contribution in [3.05, 3.63) is 64.7 Å². The maximum atomic E-state index is 14.6. The predicted octanol–water partition coefficient (Wildman–Crippen LogP) is 5.89. The van der Waals surface area contributed by atoms with Crippen molar-refractivity contribution in [3.63, 3.8) is 0 Å². The van der Waals surface area contributed by atoms with Gasteiger partial charge in [-0.3, -0.25) is 0 Å². The highest BCUT2D eigenvalue weighted by Crippen LogP contribution is 2.49. The van der Waals surface area contributed by atoms with E-state index in [0.717, 1.165) is 24.6 Å². The summed E-state index contributed by atoms with van der Waals surface area (Å²) in [6.07, 6.45) is 2.83. The number of hydrogen-bond donors (Lipinski definition) is 0. The van der Waals surface area contributed by atoms with Gasteiger partial charge in [0.2, 0.25) is 0 Å². The van der Waals surface area contributed by atoms with E-state index in [0.29, 0.717) is 23.8 Å². The molecule has 140 valence electrons. The first-order valence-electron chi connectivity index (χ1n) is 8.76. The monoisotopic (exact) mass is 398 g/mol. The molecule has 0 atom stereocenters. The van der Waals surface area contributed by atoms with Gasteiger partial charge in [0.1, 0.15) is 16.4 Å². The minimum atomic E-state index is -3.93. The second kappa shape index (κ2) is 7.28. The van der Waals surface area contributed by atoms with Gasteiger partial charge in [0.25, 0.3) is 0 Å². The average Bonchev–Trinajstić information content (AvgIpc) is 2.64. The van der Waals surface area contributed by atoms with Crippen LogP contribution in [0.5, 0.6) is 0 Å². The zero-order valence-electron chi connectivity index (χ0n) is 14.5. The van der Waals surface area contributed by atoms with Gasteiger partial charge < -0.3 is 0 Å². The molecule has 0 heterocycles. The van der Waals surface area contributed by atoms with Crippen molar-refractivity contribution < 1.29 is 17.2 Å². The highest BCUT2D eigenvalue weighted by atomic mass is 35.5. The Morgan fingerprint density at radius 3 is 2.27 bits per heavy atom. The molecule has 2 nitrogen and oxygen atoms in total. The number of rotatable bonds is 4. The van der Waals surface area contributed by atoms with Crippen LogP contribution in [0.4, 0.5) is 8.78 Å². The molecule has 0 radical (unpaired) electrons. The Labute approximate surface area is 158 Å². The van der Waals surface area contributed by atoms with E-state index in [1.165, 1.54) is 24.3 Å². The molecule has 0 aromatic heterocycles. The summed E-state index contributed by atoms with van der Waals surface area (Å²) in [5.41, 5.74) is -0.0676. The van der Waals surface area contributed by atoms with E-state index in [-0.39, 0.29) is 23.3 Å². The number of hydrogen-bond acceptors (Lipinski definition) is 2. The summed E-state index contributed by atoms with van der Waals surface area (Å²) in [7, 11) is -3.93. The normalized spacial score (nSPS) is 23.8. The highest BCUT2D eigenvalue weighted by molar-refractivity contribution is 7.92. The molecule has 0 unspecified atom stereocenters. The van der Waals surface area contributed by atoms with Crippen LogP contribution in [-0.2, 0) is 14.6 Å². The number of halogens is 3. The molecule has 1 fully saturated rings. The van der Waals surface area contributed by atoms with Crippen LogP contribution in [0.15, 0.2) is 47.4 Å². The summed E-state index contributed by atoms with van der Waals surface area (Å²) in [5.74, 6) is -0.913. The Balaban J connectivity index is 2.18. The minimum absolute atomic E-state index is 0.0676. The quantitative estimate of drug-likeness (QED) is 0.643. The van der Waals surface area contributed by atoms with Crippen LogP contribution in [0.1, 0.15) is 44.6 Å². The fourth-order valence-corrected chi connectivity index (χ4v) is 6.21. The third-order valence-corrected chi connectivity index (χ3v) is 8.35. The van der Waals surface area contributed by atoms with Crippen LogP contribution in [0, 0.1) is 17.6 Å². The van der Waals surface area contributed by atoms with E-state index in [2.05, 4.69) is 6.92 Å². The number of benzene rings is 2. The Hall–Kier alpha value is -1.46. The molecule has 0 amide bonds. The van der Waals surface area contributed by atoms with Crippen molar-refractivity contribution in [2.45, 2.75) is 48.7 Å². The Bertz CT molecular complexity index is 887. The predicted molar refractivity (Wildman–Crippen MR) is 98.9 cm³/mol. The summed E-state index contributed by atoms with van der Waals surface area (Å²) >= 11 is 5.88. The Morgan fingerprint density at radius 1 is 1.08 bits per heavy atom. The van der Waals surface area contributed by atoms with E-state index in [4.69, 9.17) is 11.6 Å². The number of sulfone groups is 1. The highest BCUT2D eigenvalue weighted by Gasteiger charge is 2.49. The second-order valence-electron chi connectivity index (χ2n) is 6.93. The SMILES string of the molecule is CCC1CCC(c2cc(F)ccc2F)(S(=O)(=O)c2ccc(Cl)cc2)CC1. The third-order valence-electron chi connectivity index (χ3n) is 5.55. The van der Waals surface area contributed by atoms with Gasteiger partial charge in [0, 0.05) is 10.6 Å². The first-order chi connectivity index (χ1) is 12.3. The van der Waals surface area contributed by atoms with Crippen molar-refractivity contribution in [1.29, 1.82) is 0 Å². The molecule has 3 rings (SSSR count). The van der Waals surface area contributed by atoms with Crippen LogP contribution in [0.2, 0.25) is 5.02 Å². The molecule has 0 spiro atoms. The van der Waals surface area contributed by atoms with Crippen LogP contribution in [0.3, 0.4) is 0 Å². The smallest absolute Gasteiger partial charge is 0.188 e. The van der Waals surface area contributed by atoms with E-state index < -0.39 is 26.2 Å². The molecule has 0 N–H and O–H groups in total. The first kappa shape index (κ1) is 19.3. The third kappa shape index (κ3) is 3.27. The fraction of sp³-hybridized carbons (Fsp3) is 0.400. The van der Waals surface area contributed by atoms with Crippen LogP contribution in [0.25, 0.3) is 0 Å². The fourth-order valence-electron chi connectivity index (χ4n) is 3.92. The van der Waals surface area contributed by atoms with Gasteiger partial charge in [-0.25, -0.2) is 17.2 Å². The molecule has 2 aromatic carbocycles. The lowest BCUT2D eigenvalue weighted by Gasteiger charge is -2.40. The standard InChI is InChI=1S/C20H21ClF2O2S/c1-2-14-9-11-20(12-10-14,18-13-16(22)5-8-19(18)23)26(24,25)17-6-3-15(21)4-7-17/h3-8,13-14H,2,9-12H2,1H3. The lowest BCUT2D eigenvalue weighted by molar-refractivity contribution is 0.280. The zero-order valence-corrected chi connectivity index (χ0v) is 16.1. The molecular formula is C20H21ClF2O2S. The molecule has 1 aliphatic rings. The summed E-state index contributed by atoms with van der Waals surface area (Å²) in [4.78, 5) is 0.0838. The molecule has 0 bridgehead atoms. The summed E-state index contributed by atoms with van der Waals surface area (Å²) in [5, 5.41) is 0.421. The van der Waals surface area contributed by atoms with Gasteiger partial charge in [-0.15, -0.1) is 0 Å². The van der Waals surface area contributed by atoms with Crippen molar-refractivity contribution in [1.82, 2.24) is 0 Å². The van der Waals surface area contributed by atoms with Crippen molar-refractivity contribution >= 4 is 21.4 Å². The van der Waals surface area contributed by atoms with Gasteiger partial charge >= 0.3 is 0 Å². The van der Waals surface area contributed by atoms with E-state index in [1.807, 2.05) is 0 Å². The molecule has 0 saturated heterocycles. The van der Waals surface area contributed by atoms with Crippen molar-refractivity contribution in [3.8, 4) is 0 Å². The molecule has 1 aliphatic carbocycles. The molecule has 6 heteroatoms. The van der Waals surface area contributed by atoms with Gasteiger partial charge in [-0.1, -0.05) is 24.9 Å².